The Kier molecular flexibility index (Phi) is 4.54. The minimum atomic E-state index is -0.305. The van der Waals surface area contributed by atoms with E-state index >= 15 is 0 Å². The number of urea groups is 1. The monoisotopic (exact) mass is 268 g/mol. The maximum atomic E-state index is 11.0. The first-order valence-corrected chi connectivity index (χ1v) is 7.28. The molecule has 1 saturated heterocycles. The van der Waals surface area contributed by atoms with Gasteiger partial charge in [0.25, 0.3) is 0 Å². The number of amides is 2. The molecule has 2 amide bonds. The SMILES string of the molecule is CCC(NC1CCN(C(N)=O)CC1)c1nccs1. The van der Waals surface area contributed by atoms with Gasteiger partial charge in [0.2, 0.25) is 0 Å². The van der Waals surface area contributed by atoms with Gasteiger partial charge >= 0.3 is 6.03 Å². The van der Waals surface area contributed by atoms with Gasteiger partial charge < -0.3 is 16.0 Å². The molecule has 1 aliphatic heterocycles. The van der Waals surface area contributed by atoms with E-state index in [0.29, 0.717) is 12.1 Å². The fourth-order valence-corrected chi connectivity index (χ4v) is 3.10. The normalized spacial score (nSPS) is 18.8. The molecule has 0 aliphatic carbocycles. The van der Waals surface area contributed by atoms with Crippen molar-refractivity contribution in [2.24, 2.45) is 5.73 Å². The van der Waals surface area contributed by atoms with Crippen molar-refractivity contribution in [3.8, 4) is 0 Å². The van der Waals surface area contributed by atoms with E-state index in [2.05, 4.69) is 17.2 Å². The molecule has 6 heteroatoms. The van der Waals surface area contributed by atoms with Crippen LogP contribution in [-0.4, -0.2) is 35.0 Å². The highest BCUT2D eigenvalue weighted by Gasteiger charge is 2.23. The van der Waals surface area contributed by atoms with Gasteiger partial charge in [-0.3, -0.25) is 0 Å². The average molecular weight is 268 g/mol. The van der Waals surface area contributed by atoms with Crippen LogP contribution in [0, 0.1) is 0 Å². The Bertz CT molecular complexity index is 373. The molecule has 1 aromatic heterocycles. The van der Waals surface area contributed by atoms with Gasteiger partial charge in [0, 0.05) is 30.7 Å². The topological polar surface area (TPSA) is 71.2 Å². The number of piperidine rings is 1. The Morgan fingerprint density at radius 3 is 2.89 bits per heavy atom. The number of nitrogens with one attached hydrogen (secondary N) is 1. The fourth-order valence-electron chi connectivity index (χ4n) is 2.32. The number of carbonyl (C=O) groups is 1. The van der Waals surface area contributed by atoms with Crippen LogP contribution in [-0.2, 0) is 0 Å². The molecule has 1 aromatic rings. The standard InChI is InChI=1S/C12H20N4OS/c1-2-10(11-14-5-8-18-11)15-9-3-6-16(7-4-9)12(13)17/h5,8-10,15H,2-4,6-7H2,1H3,(H2,13,17). The lowest BCUT2D eigenvalue weighted by atomic mass is 10.0. The van der Waals surface area contributed by atoms with Crippen LogP contribution in [0.4, 0.5) is 4.79 Å². The van der Waals surface area contributed by atoms with Crippen molar-refractivity contribution in [3.63, 3.8) is 0 Å². The zero-order chi connectivity index (χ0) is 13.0. The number of primary amides is 1. The van der Waals surface area contributed by atoms with Crippen molar-refractivity contribution in [3.05, 3.63) is 16.6 Å². The molecule has 5 nitrogen and oxygen atoms in total. The number of aromatic nitrogens is 1. The molecule has 2 rings (SSSR count). The molecule has 0 saturated carbocycles. The van der Waals surface area contributed by atoms with Crippen molar-refractivity contribution in [1.29, 1.82) is 0 Å². The lowest BCUT2D eigenvalue weighted by Crippen LogP contribution is -2.47. The Morgan fingerprint density at radius 2 is 2.39 bits per heavy atom. The van der Waals surface area contributed by atoms with Crippen molar-refractivity contribution < 1.29 is 4.79 Å². The molecule has 100 valence electrons. The minimum absolute atomic E-state index is 0.305. The van der Waals surface area contributed by atoms with Gasteiger partial charge in [-0.1, -0.05) is 6.92 Å². The smallest absolute Gasteiger partial charge is 0.314 e. The number of carbonyl (C=O) groups excluding carboxylic acids is 1. The second-order valence-electron chi connectivity index (χ2n) is 4.60. The quantitative estimate of drug-likeness (QED) is 0.873. The van der Waals surface area contributed by atoms with Crippen molar-refractivity contribution in [2.45, 2.75) is 38.3 Å². The number of rotatable bonds is 4. The summed E-state index contributed by atoms with van der Waals surface area (Å²) in [6.07, 6.45) is 4.80. The van der Waals surface area contributed by atoms with Crippen LogP contribution in [0.3, 0.4) is 0 Å². The minimum Gasteiger partial charge on any atom is -0.351 e. The summed E-state index contributed by atoms with van der Waals surface area (Å²) in [4.78, 5) is 17.1. The molecule has 0 bridgehead atoms. The summed E-state index contributed by atoms with van der Waals surface area (Å²) in [7, 11) is 0. The number of hydrogen-bond acceptors (Lipinski definition) is 4. The zero-order valence-electron chi connectivity index (χ0n) is 10.6. The maximum Gasteiger partial charge on any atom is 0.314 e. The Morgan fingerprint density at radius 1 is 1.67 bits per heavy atom. The first-order valence-electron chi connectivity index (χ1n) is 6.40. The van der Waals surface area contributed by atoms with Crippen LogP contribution in [0.5, 0.6) is 0 Å². The van der Waals surface area contributed by atoms with Crippen LogP contribution in [0.15, 0.2) is 11.6 Å². The van der Waals surface area contributed by atoms with Crippen LogP contribution in [0.1, 0.15) is 37.2 Å². The third-order valence-corrected chi connectivity index (χ3v) is 4.29. The molecule has 1 atom stereocenters. The van der Waals surface area contributed by atoms with Gasteiger partial charge in [0.05, 0.1) is 6.04 Å². The molecular weight excluding hydrogens is 248 g/mol. The summed E-state index contributed by atoms with van der Waals surface area (Å²) in [5, 5.41) is 6.79. The molecule has 1 fully saturated rings. The summed E-state index contributed by atoms with van der Waals surface area (Å²) < 4.78 is 0. The molecule has 18 heavy (non-hydrogen) atoms. The summed E-state index contributed by atoms with van der Waals surface area (Å²) in [6.45, 7) is 3.67. The van der Waals surface area contributed by atoms with E-state index in [1.54, 1.807) is 16.2 Å². The Labute approximate surface area is 111 Å². The first kappa shape index (κ1) is 13.3. The molecule has 3 N–H and O–H groups in total. The molecule has 1 unspecified atom stereocenters. The van der Waals surface area contributed by atoms with E-state index in [1.165, 1.54) is 0 Å². The summed E-state index contributed by atoms with van der Waals surface area (Å²) in [5.74, 6) is 0. The van der Waals surface area contributed by atoms with E-state index in [0.717, 1.165) is 37.4 Å². The van der Waals surface area contributed by atoms with Gasteiger partial charge in [-0.15, -0.1) is 11.3 Å². The van der Waals surface area contributed by atoms with Gasteiger partial charge in [0.1, 0.15) is 5.01 Å². The third-order valence-electron chi connectivity index (χ3n) is 3.40. The van der Waals surface area contributed by atoms with Gasteiger partial charge in [-0.25, -0.2) is 9.78 Å². The second-order valence-corrected chi connectivity index (χ2v) is 5.52. The predicted molar refractivity (Wildman–Crippen MR) is 72.5 cm³/mol. The van der Waals surface area contributed by atoms with E-state index in [1.807, 2.05) is 11.6 Å². The molecule has 0 radical (unpaired) electrons. The third kappa shape index (κ3) is 3.20. The van der Waals surface area contributed by atoms with Crippen LogP contribution < -0.4 is 11.1 Å². The average Bonchev–Trinajstić information content (AvgIpc) is 2.90. The molecular formula is C12H20N4OS. The molecule has 2 heterocycles. The fraction of sp³-hybridized carbons (Fsp3) is 0.667. The number of hydrogen-bond donors (Lipinski definition) is 2. The van der Waals surface area contributed by atoms with E-state index in [9.17, 15) is 4.79 Å². The van der Waals surface area contributed by atoms with Crippen molar-refractivity contribution >= 4 is 17.4 Å². The zero-order valence-corrected chi connectivity index (χ0v) is 11.4. The van der Waals surface area contributed by atoms with Crippen LogP contribution >= 0.6 is 11.3 Å². The molecule has 1 aliphatic rings. The van der Waals surface area contributed by atoms with E-state index in [-0.39, 0.29) is 6.03 Å². The Hall–Kier alpha value is -1.14. The van der Waals surface area contributed by atoms with E-state index in [4.69, 9.17) is 5.73 Å². The number of likely N-dealkylation sites (tertiary alicyclic amines) is 1. The molecule has 0 aromatic carbocycles. The molecule has 0 spiro atoms. The largest absolute Gasteiger partial charge is 0.351 e. The van der Waals surface area contributed by atoms with Crippen molar-refractivity contribution in [1.82, 2.24) is 15.2 Å². The van der Waals surface area contributed by atoms with Gasteiger partial charge in [-0.05, 0) is 19.3 Å². The second kappa shape index (κ2) is 6.15. The van der Waals surface area contributed by atoms with Gasteiger partial charge in [-0.2, -0.15) is 0 Å². The van der Waals surface area contributed by atoms with Gasteiger partial charge in [0.15, 0.2) is 0 Å². The summed E-state index contributed by atoms with van der Waals surface area (Å²) in [6, 6.07) is 0.477. The number of nitrogens with two attached hydrogens (primary N) is 1. The van der Waals surface area contributed by atoms with Crippen molar-refractivity contribution in [2.75, 3.05) is 13.1 Å². The summed E-state index contributed by atoms with van der Waals surface area (Å²) >= 11 is 1.69. The highest BCUT2D eigenvalue weighted by Crippen LogP contribution is 2.21. The highest BCUT2D eigenvalue weighted by molar-refractivity contribution is 7.09. The summed E-state index contributed by atoms with van der Waals surface area (Å²) in [5.41, 5.74) is 5.28. The lowest BCUT2D eigenvalue weighted by Gasteiger charge is -2.33. The Balaban J connectivity index is 1.85. The number of thiazole rings is 1. The van der Waals surface area contributed by atoms with E-state index < -0.39 is 0 Å². The highest BCUT2D eigenvalue weighted by atomic mass is 32.1. The predicted octanol–water partition coefficient (Wildman–Crippen LogP) is 1.73. The van der Waals surface area contributed by atoms with Crippen LogP contribution in [0.25, 0.3) is 0 Å². The maximum absolute atomic E-state index is 11.0. The first-order chi connectivity index (χ1) is 8.70. The van der Waals surface area contributed by atoms with Crippen LogP contribution in [0.2, 0.25) is 0 Å². The lowest BCUT2D eigenvalue weighted by molar-refractivity contribution is 0.182. The number of nitrogens with zero attached hydrogens (tertiary/aromatic N) is 2.